The van der Waals surface area contributed by atoms with Gasteiger partial charge in [0.15, 0.2) is 0 Å². The van der Waals surface area contributed by atoms with Gasteiger partial charge in [0.1, 0.15) is 11.5 Å². The zero-order valence-corrected chi connectivity index (χ0v) is 19.6. The smallest absolute Gasteiger partial charge is 0.269 e. The molecule has 1 aromatic heterocycles. The number of amides is 1. The summed E-state index contributed by atoms with van der Waals surface area (Å²) in [6, 6.07) is 8.22. The number of carbonyl (C=O) groups excluding carboxylic acids is 1. The van der Waals surface area contributed by atoms with Gasteiger partial charge in [-0.3, -0.25) is 9.48 Å². The fourth-order valence-corrected chi connectivity index (χ4v) is 4.42. The van der Waals surface area contributed by atoms with E-state index in [0.717, 1.165) is 49.1 Å². The summed E-state index contributed by atoms with van der Waals surface area (Å²) in [5, 5.41) is 7.77. The third-order valence-electron chi connectivity index (χ3n) is 5.91. The second kappa shape index (κ2) is 9.94. The topological polar surface area (TPSA) is 50.2 Å². The zero-order chi connectivity index (χ0) is 22.6. The normalized spacial score (nSPS) is 20.1. The molecule has 1 N–H and O–H groups in total. The number of likely N-dealkylation sites (tertiary alicyclic amines) is 1. The highest BCUT2D eigenvalue weighted by molar-refractivity contribution is 5.92. The summed E-state index contributed by atoms with van der Waals surface area (Å²) in [6.07, 6.45) is 2.24. The average Bonchev–Trinajstić information content (AvgIpc) is 3.10. The first-order valence-electron chi connectivity index (χ1n) is 11.4. The van der Waals surface area contributed by atoms with Crippen LogP contribution in [0.2, 0.25) is 0 Å². The van der Waals surface area contributed by atoms with E-state index in [2.05, 4.69) is 44.8 Å². The van der Waals surface area contributed by atoms with Gasteiger partial charge in [-0.25, -0.2) is 4.39 Å². The number of carbonyl (C=O) groups is 1. The summed E-state index contributed by atoms with van der Waals surface area (Å²) in [5.74, 6) is 1.12. The number of nitrogens with zero attached hydrogens (tertiary/aromatic N) is 3. The van der Waals surface area contributed by atoms with Crippen LogP contribution in [0.5, 0.6) is 0 Å². The minimum atomic E-state index is -0.268. The van der Waals surface area contributed by atoms with Gasteiger partial charge in [0.2, 0.25) is 0 Å². The summed E-state index contributed by atoms with van der Waals surface area (Å²) in [4.78, 5) is 15.5. The highest BCUT2D eigenvalue weighted by Crippen LogP contribution is 2.23. The van der Waals surface area contributed by atoms with E-state index in [0.29, 0.717) is 18.8 Å². The largest absolute Gasteiger partial charge is 0.351 e. The Morgan fingerprint density at radius 2 is 1.81 bits per heavy atom. The van der Waals surface area contributed by atoms with Gasteiger partial charge in [-0.2, -0.15) is 5.10 Å². The predicted molar refractivity (Wildman–Crippen MR) is 123 cm³/mol. The van der Waals surface area contributed by atoms with Crippen molar-refractivity contribution in [3.05, 3.63) is 53.1 Å². The van der Waals surface area contributed by atoms with Crippen molar-refractivity contribution in [2.24, 2.45) is 11.8 Å². The van der Waals surface area contributed by atoms with Crippen LogP contribution in [0.25, 0.3) is 0 Å². The predicted octanol–water partition coefficient (Wildman–Crippen LogP) is 4.47. The van der Waals surface area contributed by atoms with Crippen LogP contribution in [0, 0.1) is 17.7 Å². The molecular formula is C25H37FN4O. The fraction of sp³-hybridized carbons (Fsp3) is 0.600. The van der Waals surface area contributed by atoms with Crippen LogP contribution < -0.4 is 5.32 Å². The SMILES string of the molecule is CC1CC(C)CN(CCCNC(=O)c2cc(C(C)(C)C)nn2Cc2ccc(F)cc2)C1. The van der Waals surface area contributed by atoms with Crippen LogP contribution in [0.3, 0.4) is 0 Å². The lowest BCUT2D eigenvalue weighted by atomic mass is 9.92. The number of halogens is 1. The minimum Gasteiger partial charge on any atom is -0.351 e. The number of hydrogen-bond acceptors (Lipinski definition) is 3. The van der Waals surface area contributed by atoms with Crippen molar-refractivity contribution in [2.45, 2.75) is 59.4 Å². The molecule has 6 heteroatoms. The van der Waals surface area contributed by atoms with Crippen molar-refractivity contribution in [2.75, 3.05) is 26.2 Å². The molecule has 0 spiro atoms. The first-order valence-corrected chi connectivity index (χ1v) is 11.4. The molecule has 3 rings (SSSR count). The average molecular weight is 429 g/mol. The Bertz CT molecular complexity index is 859. The Balaban J connectivity index is 1.62. The Morgan fingerprint density at radius 3 is 2.42 bits per heavy atom. The van der Waals surface area contributed by atoms with Gasteiger partial charge in [0.05, 0.1) is 12.2 Å². The third kappa shape index (κ3) is 6.63. The molecule has 2 unspecified atom stereocenters. The van der Waals surface area contributed by atoms with Gasteiger partial charge >= 0.3 is 0 Å². The fourth-order valence-electron chi connectivity index (χ4n) is 4.42. The number of nitrogens with one attached hydrogen (secondary N) is 1. The third-order valence-corrected chi connectivity index (χ3v) is 5.91. The molecule has 0 bridgehead atoms. The maximum atomic E-state index is 13.3. The Hall–Kier alpha value is -2.21. The maximum Gasteiger partial charge on any atom is 0.269 e. The Morgan fingerprint density at radius 1 is 1.16 bits per heavy atom. The summed E-state index contributed by atoms with van der Waals surface area (Å²) in [7, 11) is 0. The summed E-state index contributed by atoms with van der Waals surface area (Å²) < 4.78 is 15.0. The molecule has 1 aromatic carbocycles. The lowest BCUT2D eigenvalue weighted by molar-refractivity contribution is 0.0937. The molecule has 170 valence electrons. The molecule has 1 aliphatic rings. The molecule has 5 nitrogen and oxygen atoms in total. The number of rotatable bonds is 7. The lowest BCUT2D eigenvalue weighted by Crippen LogP contribution is -2.40. The Labute approximate surface area is 186 Å². The van der Waals surface area contributed by atoms with Gasteiger partial charge in [-0.1, -0.05) is 46.8 Å². The van der Waals surface area contributed by atoms with E-state index in [1.165, 1.54) is 18.6 Å². The van der Waals surface area contributed by atoms with Gasteiger partial charge in [0, 0.05) is 25.0 Å². The molecule has 2 atom stereocenters. The van der Waals surface area contributed by atoms with Gasteiger partial charge < -0.3 is 10.2 Å². The van der Waals surface area contributed by atoms with Crippen LogP contribution >= 0.6 is 0 Å². The standard InChI is InChI=1S/C25H37FN4O/c1-18-13-19(2)16-29(15-18)12-6-11-27-24(31)22-14-23(25(3,4)5)28-30(22)17-20-7-9-21(26)10-8-20/h7-10,14,18-19H,6,11-13,15-17H2,1-5H3,(H,27,31). The number of aromatic nitrogens is 2. The molecule has 0 saturated carbocycles. The maximum absolute atomic E-state index is 13.3. The summed E-state index contributed by atoms with van der Waals surface area (Å²) in [6.45, 7) is 15.3. The van der Waals surface area contributed by atoms with Crippen LogP contribution in [-0.2, 0) is 12.0 Å². The highest BCUT2D eigenvalue weighted by Gasteiger charge is 2.24. The molecule has 0 radical (unpaired) electrons. The van der Waals surface area contributed by atoms with E-state index in [-0.39, 0.29) is 17.1 Å². The van der Waals surface area contributed by atoms with E-state index in [9.17, 15) is 9.18 Å². The Kier molecular flexibility index (Phi) is 7.52. The first-order chi connectivity index (χ1) is 14.6. The van der Waals surface area contributed by atoms with E-state index in [1.807, 2.05) is 6.07 Å². The molecule has 31 heavy (non-hydrogen) atoms. The molecule has 1 amide bonds. The van der Waals surface area contributed by atoms with Crippen molar-refractivity contribution in [3.63, 3.8) is 0 Å². The monoisotopic (exact) mass is 428 g/mol. The minimum absolute atomic E-state index is 0.106. The molecular weight excluding hydrogens is 391 g/mol. The van der Waals surface area contributed by atoms with Crippen molar-refractivity contribution in [3.8, 4) is 0 Å². The quantitative estimate of drug-likeness (QED) is 0.662. The van der Waals surface area contributed by atoms with Crippen molar-refractivity contribution < 1.29 is 9.18 Å². The lowest BCUT2D eigenvalue weighted by Gasteiger charge is -2.34. The van der Waals surface area contributed by atoms with Crippen molar-refractivity contribution in [1.29, 1.82) is 0 Å². The van der Waals surface area contributed by atoms with Crippen molar-refractivity contribution in [1.82, 2.24) is 20.0 Å². The molecule has 2 aromatic rings. The van der Waals surface area contributed by atoms with Crippen LogP contribution in [0.4, 0.5) is 4.39 Å². The van der Waals surface area contributed by atoms with Gasteiger partial charge in [-0.05, 0) is 55.0 Å². The van der Waals surface area contributed by atoms with Crippen molar-refractivity contribution >= 4 is 5.91 Å². The second-order valence-corrected chi connectivity index (χ2v) is 10.3. The molecule has 1 fully saturated rings. The number of piperidine rings is 1. The van der Waals surface area contributed by atoms with E-state index >= 15 is 0 Å². The van der Waals surface area contributed by atoms with E-state index < -0.39 is 0 Å². The molecule has 0 aliphatic carbocycles. The molecule has 2 heterocycles. The van der Waals surface area contributed by atoms with Crippen LogP contribution in [0.1, 0.15) is 69.2 Å². The summed E-state index contributed by atoms with van der Waals surface area (Å²) >= 11 is 0. The highest BCUT2D eigenvalue weighted by atomic mass is 19.1. The number of hydrogen-bond donors (Lipinski definition) is 1. The summed E-state index contributed by atoms with van der Waals surface area (Å²) in [5.41, 5.74) is 2.17. The molecule has 1 aliphatic heterocycles. The molecule has 1 saturated heterocycles. The van der Waals surface area contributed by atoms with Crippen LogP contribution in [-0.4, -0.2) is 46.8 Å². The van der Waals surface area contributed by atoms with Gasteiger partial charge in [0.25, 0.3) is 5.91 Å². The zero-order valence-electron chi connectivity index (χ0n) is 19.6. The number of benzene rings is 1. The van der Waals surface area contributed by atoms with Crippen LogP contribution in [0.15, 0.2) is 30.3 Å². The van der Waals surface area contributed by atoms with Gasteiger partial charge in [-0.15, -0.1) is 0 Å². The first kappa shape index (κ1) is 23.5. The van der Waals surface area contributed by atoms with E-state index in [1.54, 1.807) is 16.8 Å². The van der Waals surface area contributed by atoms with E-state index in [4.69, 9.17) is 5.10 Å². The second-order valence-electron chi connectivity index (χ2n) is 10.3.